The van der Waals surface area contributed by atoms with Crippen LogP contribution >= 0.6 is 0 Å². The van der Waals surface area contributed by atoms with Crippen molar-refractivity contribution in [3.8, 4) is 23.2 Å². The molecule has 2 atom stereocenters. The van der Waals surface area contributed by atoms with Crippen molar-refractivity contribution in [2.24, 2.45) is 0 Å². The van der Waals surface area contributed by atoms with Crippen LogP contribution in [0.2, 0.25) is 0 Å². The van der Waals surface area contributed by atoms with Crippen molar-refractivity contribution in [1.29, 1.82) is 0 Å². The highest BCUT2D eigenvalue weighted by molar-refractivity contribution is 5.95. The van der Waals surface area contributed by atoms with E-state index in [-0.39, 0.29) is 29.3 Å². The summed E-state index contributed by atoms with van der Waals surface area (Å²) in [5.74, 6) is 0.739. The Hall–Kier alpha value is -2.88. The molecule has 0 aliphatic heterocycles. The van der Waals surface area contributed by atoms with Gasteiger partial charge in [0.05, 0.1) is 5.69 Å². The fourth-order valence-corrected chi connectivity index (χ4v) is 4.31. The Kier molecular flexibility index (Phi) is 2.58. The molecule has 1 heterocycles. The van der Waals surface area contributed by atoms with Gasteiger partial charge in [-0.3, -0.25) is 4.57 Å². The van der Waals surface area contributed by atoms with E-state index in [0.717, 1.165) is 29.4 Å². The summed E-state index contributed by atoms with van der Waals surface area (Å²) in [4.78, 5) is 0. The second-order valence-corrected chi connectivity index (χ2v) is 6.63. The normalized spacial score (nSPS) is 21.3. The van der Waals surface area contributed by atoms with Gasteiger partial charge in [-0.05, 0) is 25.0 Å². The lowest BCUT2D eigenvalue weighted by Gasteiger charge is -2.30. The van der Waals surface area contributed by atoms with Crippen molar-refractivity contribution < 1.29 is 15.3 Å². The van der Waals surface area contributed by atoms with Crippen LogP contribution < -0.4 is 0 Å². The largest absolute Gasteiger partial charge is 0.507 e. The molecular formula is C20H17NO3. The predicted molar refractivity (Wildman–Crippen MR) is 92.1 cm³/mol. The number of fused-ring (bicyclic) bond motifs is 2. The third-order valence-electron chi connectivity index (χ3n) is 5.42. The SMILES string of the molecule is Oc1cccc2c(-n3c(O)c4c(c3O)[C@H]3C=C[C@@H]4CC3)cccc12. The maximum absolute atomic E-state index is 10.9. The number of phenols is 1. The van der Waals surface area contributed by atoms with E-state index in [4.69, 9.17) is 0 Å². The molecule has 0 saturated carbocycles. The van der Waals surface area contributed by atoms with Crippen LogP contribution in [0.5, 0.6) is 17.5 Å². The highest BCUT2D eigenvalue weighted by Crippen LogP contribution is 2.54. The van der Waals surface area contributed by atoms with Crippen molar-refractivity contribution in [1.82, 2.24) is 4.57 Å². The van der Waals surface area contributed by atoms with E-state index in [0.29, 0.717) is 11.1 Å². The van der Waals surface area contributed by atoms with E-state index in [1.807, 2.05) is 24.3 Å². The minimum atomic E-state index is 0.109. The molecule has 3 aromatic rings. The highest BCUT2D eigenvalue weighted by Gasteiger charge is 2.38. The lowest BCUT2D eigenvalue weighted by molar-refractivity contribution is 0.399. The van der Waals surface area contributed by atoms with Crippen molar-refractivity contribution in [3.05, 3.63) is 59.7 Å². The second-order valence-electron chi connectivity index (χ2n) is 6.63. The summed E-state index contributed by atoms with van der Waals surface area (Å²) in [5, 5.41) is 33.3. The van der Waals surface area contributed by atoms with E-state index >= 15 is 0 Å². The van der Waals surface area contributed by atoms with Crippen LogP contribution in [0.1, 0.15) is 35.8 Å². The summed E-state index contributed by atoms with van der Waals surface area (Å²) in [6.45, 7) is 0. The molecule has 3 aliphatic carbocycles. The Bertz CT molecular complexity index is 978. The Balaban J connectivity index is 1.84. The quantitative estimate of drug-likeness (QED) is 0.587. The number of allylic oxidation sites excluding steroid dienone is 2. The molecule has 1 aromatic heterocycles. The van der Waals surface area contributed by atoms with Crippen LogP contribution in [0.25, 0.3) is 16.5 Å². The van der Waals surface area contributed by atoms with Gasteiger partial charge >= 0.3 is 0 Å². The van der Waals surface area contributed by atoms with Gasteiger partial charge in [0.15, 0.2) is 0 Å². The summed E-state index contributed by atoms with van der Waals surface area (Å²) in [6.07, 6.45) is 6.27. The van der Waals surface area contributed by atoms with Crippen molar-refractivity contribution in [3.63, 3.8) is 0 Å². The van der Waals surface area contributed by atoms with Crippen LogP contribution in [0.15, 0.2) is 48.6 Å². The molecule has 0 unspecified atom stereocenters. The van der Waals surface area contributed by atoms with Crippen molar-refractivity contribution >= 4 is 10.8 Å². The zero-order valence-corrected chi connectivity index (χ0v) is 13.0. The number of hydrogen-bond acceptors (Lipinski definition) is 3. The third kappa shape index (κ3) is 1.58. The zero-order chi connectivity index (χ0) is 16.4. The van der Waals surface area contributed by atoms with Gasteiger partial charge < -0.3 is 15.3 Å². The number of aromatic nitrogens is 1. The van der Waals surface area contributed by atoms with Crippen LogP contribution in [0, 0.1) is 0 Å². The lowest BCUT2D eigenvalue weighted by atomic mass is 9.73. The first-order valence-corrected chi connectivity index (χ1v) is 8.22. The molecule has 2 aromatic carbocycles. The Morgan fingerprint density at radius 2 is 1.33 bits per heavy atom. The molecule has 4 heteroatoms. The number of hydrogen-bond donors (Lipinski definition) is 3. The molecule has 3 N–H and O–H groups in total. The number of phenolic OH excluding ortho intramolecular Hbond substituents is 1. The first kappa shape index (κ1) is 13.5. The summed E-state index contributed by atoms with van der Waals surface area (Å²) >= 11 is 0. The monoisotopic (exact) mass is 319 g/mol. The van der Waals surface area contributed by atoms with E-state index in [2.05, 4.69) is 12.2 Å². The molecule has 0 spiro atoms. The molecule has 2 bridgehead atoms. The van der Waals surface area contributed by atoms with Gasteiger partial charge in [-0.2, -0.15) is 0 Å². The Morgan fingerprint density at radius 1 is 0.750 bits per heavy atom. The number of rotatable bonds is 1. The number of aromatic hydroxyl groups is 3. The predicted octanol–water partition coefficient (Wildman–Crippen LogP) is 4.28. The van der Waals surface area contributed by atoms with E-state index < -0.39 is 0 Å². The summed E-state index contributed by atoms with van der Waals surface area (Å²) < 4.78 is 1.52. The second kappa shape index (κ2) is 4.57. The standard InChI is InChI=1S/C20H17NO3/c22-16-6-2-3-13-14(16)4-1-5-15(13)21-19(23)17-11-7-8-12(10-9-11)18(17)20(21)24/h1-8,11-12,22-24H,9-10H2/t11-,12+. The van der Waals surface area contributed by atoms with Gasteiger partial charge in [0.2, 0.25) is 11.8 Å². The average molecular weight is 319 g/mol. The molecule has 24 heavy (non-hydrogen) atoms. The first-order valence-electron chi connectivity index (χ1n) is 8.22. The average Bonchev–Trinajstić information content (AvgIpc) is 2.89. The maximum atomic E-state index is 10.9. The van der Waals surface area contributed by atoms with Crippen LogP contribution in [0.3, 0.4) is 0 Å². The maximum Gasteiger partial charge on any atom is 0.202 e. The molecule has 0 saturated heterocycles. The van der Waals surface area contributed by atoms with Gasteiger partial charge in [-0.15, -0.1) is 0 Å². The third-order valence-corrected chi connectivity index (χ3v) is 5.42. The summed E-state index contributed by atoms with van der Waals surface area (Å²) in [7, 11) is 0. The molecule has 0 radical (unpaired) electrons. The molecular weight excluding hydrogens is 302 g/mol. The van der Waals surface area contributed by atoms with Gasteiger partial charge in [0.1, 0.15) is 5.75 Å². The van der Waals surface area contributed by atoms with Crippen LogP contribution in [-0.2, 0) is 0 Å². The molecule has 4 nitrogen and oxygen atoms in total. The summed E-state index contributed by atoms with van der Waals surface area (Å²) in [5.41, 5.74) is 2.37. The Labute approximate surface area is 138 Å². The van der Waals surface area contributed by atoms with E-state index in [1.165, 1.54) is 4.57 Å². The van der Waals surface area contributed by atoms with Gasteiger partial charge in [-0.25, -0.2) is 0 Å². The number of benzene rings is 2. The zero-order valence-electron chi connectivity index (χ0n) is 13.0. The van der Waals surface area contributed by atoms with Crippen LogP contribution in [-0.4, -0.2) is 19.9 Å². The molecule has 6 rings (SSSR count). The molecule has 3 aliphatic rings. The van der Waals surface area contributed by atoms with Gasteiger partial charge in [-0.1, -0.05) is 36.4 Å². The highest BCUT2D eigenvalue weighted by atomic mass is 16.3. The molecule has 120 valence electrons. The minimum Gasteiger partial charge on any atom is -0.507 e. The molecule has 0 fully saturated rings. The van der Waals surface area contributed by atoms with Crippen molar-refractivity contribution in [2.45, 2.75) is 24.7 Å². The van der Waals surface area contributed by atoms with Gasteiger partial charge in [0.25, 0.3) is 0 Å². The van der Waals surface area contributed by atoms with E-state index in [9.17, 15) is 15.3 Å². The fourth-order valence-electron chi connectivity index (χ4n) is 4.31. The summed E-state index contributed by atoms with van der Waals surface area (Å²) in [6, 6.07) is 10.8. The number of nitrogens with zero attached hydrogens (tertiary/aromatic N) is 1. The fraction of sp³-hybridized carbons (Fsp3) is 0.200. The smallest absolute Gasteiger partial charge is 0.202 e. The van der Waals surface area contributed by atoms with Crippen LogP contribution in [0.4, 0.5) is 0 Å². The Morgan fingerprint density at radius 3 is 1.96 bits per heavy atom. The van der Waals surface area contributed by atoms with Gasteiger partial charge in [0, 0.05) is 33.7 Å². The lowest BCUT2D eigenvalue weighted by Crippen LogP contribution is -2.15. The topological polar surface area (TPSA) is 65.6 Å². The van der Waals surface area contributed by atoms with E-state index in [1.54, 1.807) is 12.1 Å². The minimum absolute atomic E-state index is 0.109. The van der Waals surface area contributed by atoms with Crippen molar-refractivity contribution in [2.75, 3.05) is 0 Å². The first-order chi connectivity index (χ1) is 11.7. The molecule has 0 amide bonds.